The Morgan fingerprint density at radius 3 is 2.93 bits per heavy atom. The first-order valence-electron chi connectivity index (χ1n) is 9.62. The Balaban J connectivity index is 1.42. The minimum Gasteiger partial charge on any atom is -0.494 e. The van der Waals surface area contributed by atoms with E-state index >= 15 is 0 Å². The van der Waals surface area contributed by atoms with E-state index in [1.807, 2.05) is 55.5 Å². The first kappa shape index (κ1) is 19.1. The van der Waals surface area contributed by atoms with Crippen molar-refractivity contribution in [1.82, 2.24) is 20.3 Å². The second-order valence-corrected chi connectivity index (χ2v) is 6.59. The lowest BCUT2D eigenvalue weighted by molar-refractivity contribution is 0.0277. The number of amides is 1. The third-order valence-electron chi connectivity index (χ3n) is 4.55. The number of morpholine rings is 1. The quantitative estimate of drug-likeness (QED) is 0.669. The molecule has 8 heteroatoms. The van der Waals surface area contributed by atoms with Gasteiger partial charge in [0.15, 0.2) is 5.69 Å². The van der Waals surface area contributed by atoms with Crippen LogP contribution in [0.25, 0.3) is 5.69 Å². The van der Waals surface area contributed by atoms with E-state index in [-0.39, 0.29) is 17.7 Å². The summed E-state index contributed by atoms with van der Waals surface area (Å²) in [6, 6.07) is 15.0. The summed E-state index contributed by atoms with van der Waals surface area (Å²) in [5.41, 5.74) is 2.72. The summed E-state index contributed by atoms with van der Waals surface area (Å²) in [5.74, 6) is 0.408. The SMILES string of the molecule is CCOc1cccc(-n2ncc(C(=O)Nc3ccc([C@H]4CNCCO4)cc3)n2)c1. The van der Waals surface area contributed by atoms with Crippen LogP contribution in [0.2, 0.25) is 0 Å². The van der Waals surface area contributed by atoms with Gasteiger partial charge in [0, 0.05) is 24.8 Å². The van der Waals surface area contributed by atoms with E-state index in [1.54, 1.807) is 0 Å². The van der Waals surface area contributed by atoms with E-state index in [9.17, 15) is 4.79 Å². The molecule has 2 N–H and O–H groups in total. The summed E-state index contributed by atoms with van der Waals surface area (Å²) >= 11 is 0. The van der Waals surface area contributed by atoms with Crippen LogP contribution in [0.3, 0.4) is 0 Å². The number of hydrogen-bond acceptors (Lipinski definition) is 6. The van der Waals surface area contributed by atoms with Gasteiger partial charge in [0.2, 0.25) is 0 Å². The number of nitrogens with one attached hydrogen (secondary N) is 2. The van der Waals surface area contributed by atoms with E-state index in [4.69, 9.17) is 9.47 Å². The largest absolute Gasteiger partial charge is 0.494 e. The van der Waals surface area contributed by atoms with Gasteiger partial charge in [-0.1, -0.05) is 18.2 Å². The van der Waals surface area contributed by atoms with Crippen molar-refractivity contribution in [2.45, 2.75) is 13.0 Å². The molecule has 8 nitrogen and oxygen atoms in total. The molecule has 0 bridgehead atoms. The topological polar surface area (TPSA) is 90.3 Å². The lowest BCUT2D eigenvalue weighted by Gasteiger charge is -2.24. The van der Waals surface area contributed by atoms with Crippen molar-refractivity contribution in [2.24, 2.45) is 0 Å². The summed E-state index contributed by atoms with van der Waals surface area (Å²) in [6.07, 6.45) is 1.49. The molecule has 1 amide bonds. The molecule has 1 atom stereocenters. The Hall–Kier alpha value is -3.23. The average Bonchev–Trinajstić information content (AvgIpc) is 3.26. The molecule has 1 saturated heterocycles. The van der Waals surface area contributed by atoms with Crippen LogP contribution in [0, 0.1) is 0 Å². The molecule has 0 radical (unpaired) electrons. The number of nitrogens with zero attached hydrogens (tertiary/aromatic N) is 3. The first-order valence-corrected chi connectivity index (χ1v) is 9.62. The number of ether oxygens (including phenoxy) is 2. The van der Waals surface area contributed by atoms with Crippen LogP contribution in [-0.4, -0.2) is 47.2 Å². The third-order valence-corrected chi connectivity index (χ3v) is 4.55. The fraction of sp³-hybridized carbons (Fsp3) is 0.286. The Morgan fingerprint density at radius 1 is 1.31 bits per heavy atom. The van der Waals surface area contributed by atoms with Gasteiger partial charge in [0.25, 0.3) is 5.91 Å². The Bertz CT molecular complexity index is 964. The summed E-state index contributed by atoms with van der Waals surface area (Å²) in [6.45, 7) is 4.87. The van der Waals surface area contributed by atoms with Gasteiger partial charge in [-0.25, -0.2) is 0 Å². The highest BCUT2D eigenvalue weighted by Gasteiger charge is 2.16. The normalized spacial score (nSPS) is 16.4. The van der Waals surface area contributed by atoms with Crippen LogP contribution in [0.5, 0.6) is 5.75 Å². The number of carbonyl (C=O) groups is 1. The molecule has 4 rings (SSSR count). The van der Waals surface area contributed by atoms with Crippen LogP contribution in [0.4, 0.5) is 5.69 Å². The summed E-state index contributed by atoms with van der Waals surface area (Å²) in [7, 11) is 0. The number of hydrogen-bond donors (Lipinski definition) is 2. The van der Waals surface area contributed by atoms with Gasteiger partial charge in [-0.3, -0.25) is 4.79 Å². The molecule has 1 fully saturated rings. The van der Waals surface area contributed by atoms with Crippen LogP contribution < -0.4 is 15.4 Å². The number of rotatable bonds is 6. The fourth-order valence-electron chi connectivity index (χ4n) is 3.11. The van der Waals surface area contributed by atoms with Gasteiger partial charge in [-0.05, 0) is 36.8 Å². The molecule has 0 unspecified atom stereocenters. The molecular formula is C21H23N5O3. The van der Waals surface area contributed by atoms with Crippen LogP contribution >= 0.6 is 0 Å². The van der Waals surface area contributed by atoms with Crippen molar-refractivity contribution in [3.05, 3.63) is 66.0 Å². The smallest absolute Gasteiger partial charge is 0.277 e. The highest BCUT2D eigenvalue weighted by Crippen LogP contribution is 2.21. The molecule has 150 valence electrons. The minimum atomic E-state index is -0.319. The minimum absolute atomic E-state index is 0.0425. The van der Waals surface area contributed by atoms with Crippen molar-refractivity contribution in [2.75, 3.05) is 31.6 Å². The molecule has 0 saturated carbocycles. The Labute approximate surface area is 168 Å². The highest BCUT2D eigenvalue weighted by molar-refractivity contribution is 6.02. The van der Waals surface area contributed by atoms with Gasteiger partial charge in [-0.2, -0.15) is 9.90 Å². The lowest BCUT2D eigenvalue weighted by Crippen LogP contribution is -2.33. The zero-order chi connectivity index (χ0) is 20.1. The first-order chi connectivity index (χ1) is 14.2. The third kappa shape index (κ3) is 4.61. The van der Waals surface area contributed by atoms with Crippen molar-refractivity contribution in [3.8, 4) is 11.4 Å². The maximum atomic E-state index is 12.5. The molecular weight excluding hydrogens is 370 g/mol. The molecule has 1 aliphatic rings. The molecule has 1 aliphatic heterocycles. The lowest BCUT2D eigenvalue weighted by atomic mass is 10.1. The zero-order valence-electron chi connectivity index (χ0n) is 16.2. The standard InChI is InChI=1S/C21H23N5O3/c1-2-28-18-5-3-4-17(12-18)26-23-13-19(25-26)21(27)24-16-8-6-15(7-9-16)20-14-22-10-11-29-20/h3-9,12-13,20,22H,2,10-11,14H2,1H3,(H,24,27)/t20-/m1/s1. The molecule has 0 spiro atoms. The highest BCUT2D eigenvalue weighted by atomic mass is 16.5. The Kier molecular flexibility index (Phi) is 5.83. The van der Waals surface area contributed by atoms with Gasteiger partial charge < -0.3 is 20.1 Å². The van der Waals surface area contributed by atoms with Gasteiger partial charge in [-0.15, -0.1) is 5.10 Å². The molecule has 29 heavy (non-hydrogen) atoms. The number of benzene rings is 2. The van der Waals surface area contributed by atoms with Gasteiger partial charge >= 0.3 is 0 Å². The monoisotopic (exact) mass is 393 g/mol. The van der Waals surface area contributed by atoms with Gasteiger partial charge in [0.1, 0.15) is 5.75 Å². The molecule has 2 aromatic carbocycles. The van der Waals surface area contributed by atoms with Crippen molar-refractivity contribution >= 4 is 11.6 Å². The fourth-order valence-corrected chi connectivity index (χ4v) is 3.11. The molecule has 2 heterocycles. The van der Waals surface area contributed by atoms with Crippen LogP contribution in [-0.2, 0) is 4.74 Å². The van der Waals surface area contributed by atoms with Crippen LogP contribution in [0.1, 0.15) is 29.1 Å². The molecule has 3 aromatic rings. The maximum absolute atomic E-state index is 12.5. The van der Waals surface area contributed by atoms with Crippen molar-refractivity contribution in [1.29, 1.82) is 0 Å². The maximum Gasteiger partial charge on any atom is 0.277 e. The van der Waals surface area contributed by atoms with Crippen molar-refractivity contribution in [3.63, 3.8) is 0 Å². The van der Waals surface area contributed by atoms with E-state index < -0.39 is 0 Å². The second kappa shape index (κ2) is 8.85. The van der Waals surface area contributed by atoms with E-state index in [1.165, 1.54) is 11.0 Å². The predicted molar refractivity (Wildman–Crippen MR) is 108 cm³/mol. The van der Waals surface area contributed by atoms with E-state index in [0.717, 1.165) is 30.1 Å². The molecule has 0 aliphatic carbocycles. The van der Waals surface area contributed by atoms with Gasteiger partial charge in [0.05, 0.1) is 31.2 Å². The predicted octanol–water partition coefficient (Wildman–Crippen LogP) is 2.58. The summed E-state index contributed by atoms with van der Waals surface area (Å²) in [5, 5.41) is 14.6. The number of aromatic nitrogens is 3. The number of carbonyl (C=O) groups excluding carboxylic acids is 1. The Morgan fingerprint density at radius 2 is 2.17 bits per heavy atom. The van der Waals surface area contributed by atoms with E-state index in [2.05, 4.69) is 20.8 Å². The zero-order valence-corrected chi connectivity index (χ0v) is 16.2. The molecule has 1 aromatic heterocycles. The summed E-state index contributed by atoms with van der Waals surface area (Å²) in [4.78, 5) is 13.9. The summed E-state index contributed by atoms with van der Waals surface area (Å²) < 4.78 is 11.2. The number of anilines is 1. The van der Waals surface area contributed by atoms with E-state index in [0.29, 0.717) is 18.9 Å². The van der Waals surface area contributed by atoms with Crippen molar-refractivity contribution < 1.29 is 14.3 Å². The van der Waals surface area contributed by atoms with Crippen LogP contribution in [0.15, 0.2) is 54.7 Å². The second-order valence-electron chi connectivity index (χ2n) is 6.59. The average molecular weight is 393 g/mol.